The molecule has 5 heteroatoms. The van der Waals surface area contributed by atoms with Crippen LogP contribution in [0.2, 0.25) is 0 Å². The van der Waals surface area contributed by atoms with E-state index in [4.69, 9.17) is 5.41 Å². The molecule has 3 rings (SSSR count). The first-order valence-corrected chi connectivity index (χ1v) is 7.96. The zero-order chi connectivity index (χ0) is 17.3. The molecule has 0 amide bonds. The maximum atomic E-state index is 9.86. The SMILES string of the molecule is C[NH+]1CC=C2C(C#N)C(=N)C(C#N)(C#N)[C@H](c3ccccc3)[C@H]2C1. The van der Waals surface area contributed by atoms with E-state index < -0.39 is 17.3 Å². The molecule has 0 radical (unpaired) electrons. The standard InChI is InChI=1S/C19H17N5/c1-24-8-7-14-15(9-20)18(23)19(11-21,12-22)17(16(14)10-24)13-5-3-2-4-6-13/h2-7,15-17,23H,8,10H2,1H3/p+1/t15?,16-,17+/m0/s1. The van der Waals surface area contributed by atoms with Gasteiger partial charge in [0.25, 0.3) is 0 Å². The highest BCUT2D eigenvalue weighted by molar-refractivity contribution is 6.00. The fourth-order valence-corrected chi connectivity index (χ4v) is 4.09. The van der Waals surface area contributed by atoms with E-state index in [9.17, 15) is 15.8 Å². The number of hydrogen-bond acceptors (Lipinski definition) is 4. The van der Waals surface area contributed by atoms with E-state index in [0.29, 0.717) is 0 Å². The lowest BCUT2D eigenvalue weighted by atomic mass is 9.54. The summed E-state index contributed by atoms with van der Waals surface area (Å²) in [6.07, 6.45) is 2.03. The minimum Gasteiger partial charge on any atom is -0.334 e. The molecule has 1 aromatic rings. The van der Waals surface area contributed by atoms with Crippen molar-refractivity contribution in [2.45, 2.75) is 5.92 Å². The molecule has 1 saturated carbocycles. The summed E-state index contributed by atoms with van der Waals surface area (Å²) in [6.45, 7) is 1.55. The van der Waals surface area contributed by atoms with Crippen LogP contribution in [-0.4, -0.2) is 25.8 Å². The van der Waals surface area contributed by atoms with Gasteiger partial charge >= 0.3 is 0 Å². The van der Waals surface area contributed by atoms with Gasteiger partial charge in [0.2, 0.25) is 0 Å². The topological polar surface area (TPSA) is 99.7 Å². The van der Waals surface area contributed by atoms with E-state index in [2.05, 4.69) is 25.3 Å². The first-order valence-electron chi connectivity index (χ1n) is 7.96. The summed E-state index contributed by atoms with van der Waals surface area (Å²) in [5.74, 6) is -1.28. The zero-order valence-electron chi connectivity index (χ0n) is 13.5. The Kier molecular flexibility index (Phi) is 3.94. The smallest absolute Gasteiger partial charge is 0.189 e. The minimum atomic E-state index is -1.60. The van der Waals surface area contributed by atoms with Gasteiger partial charge in [0.1, 0.15) is 5.92 Å². The Morgan fingerprint density at radius 3 is 2.42 bits per heavy atom. The second-order valence-electron chi connectivity index (χ2n) is 6.57. The van der Waals surface area contributed by atoms with Crippen LogP contribution in [0.4, 0.5) is 0 Å². The van der Waals surface area contributed by atoms with E-state index in [-0.39, 0.29) is 11.6 Å². The van der Waals surface area contributed by atoms with Crippen molar-refractivity contribution in [1.29, 1.82) is 21.2 Å². The molecule has 4 atom stereocenters. The summed E-state index contributed by atoms with van der Waals surface area (Å²) in [6, 6.07) is 15.9. The number of benzene rings is 1. The third-order valence-electron chi connectivity index (χ3n) is 5.24. The van der Waals surface area contributed by atoms with Gasteiger partial charge in [0.05, 0.1) is 44.1 Å². The normalized spacial score (nSPS) is 30.9. The molecule has 5 nitrogen and oxygen atoms in total. The second kappa shape index (κ2) is 5.93. The van der Waals surface area contributed by atoms with Crippen LogP contribution in [0.1, 0.15) is 11.5 Å². The number of nitrogens with zero attached hydrogens (tertiary/aromatic N) is 3. The van der Waals surface area contributed by atoms with Crippen LogP contribution in [0.25, 0.3) is 0 Å². The lowest BCUT2D eigenvalue weighted by molar-refractivity contribution is -0.878. The Labute approximate surface area is 141 Å². The minimum absolute atomic E-state index is 0.0779. The van der Waals surface area contributed by atoms with E-state index in [1.54, 1.807) is 0 Å². The Morgan fingerprint density at radius 2 is 1.83 bits per heavy atom. The molecular weight excluding hydrogens is 298 g/mol. The number of nitrogens with one attached hydrogen (secondary N) is 2. The van der Waals surface area contributed by atoms with Crippen LogP contribution < -0.4 is 4.90 Å². The Balaban J connectivity index is 2.26. The summed E-state index contributed by atoms with van der Waals surface area (Å²) in [5, 5.41) is 37.8. The average molecular weight is 316 g/mol. The molecule has 0 bridgehead atoms. The number of quaternary nitrogens is 1. The van der Waals surface area contributed by atoms with E-state index in [1.807, 2.05) is 36.4 Å². The maximum absolute atomic E-state index is 9.86. The first kappa shape index (κ1) is 15.9. The molecule has 1 aliphatic carbocycles. The van der Waals surface area contributed by atoms with Crippen molar-refractivity contribution in [3.63, 3.8) is 0 Å². The van der Waals surface area contributed by atoms with Crippen molar-refractivity contribution in [3.8, 4) is 18.2 Å². The van der Waals surface area contributed by atoms with Crippen LogP contribution in [0.3, 0.4) is 0 Å². The highest BCUT2D eigenvalue weighted by atomic mass is 15.1. The molecule has 1 fully saturated rings. The van der Waals surface area contributed by atoms with Crippen LogP contribution in [0.5, 0.6) is 0 Å². The van der Waals surface area contributed by atoms with Gasteiger partial charge in [-0.25, -0.2) is 0 Å². The number of rotatable bonds is 1. The van der Waals surface area contributed by atoms with Gasteiger partial charge in [-0.3, -0.25) is 0 Å². The molecule has 2 N–H and O–H groups in total. The molecule has 118 valence electrons. The van der Waals surface area contributed by atoms with Gasteiger partial charge in [-0.1, -0.05) is 30.3 Å². The predicted molar refractivity (Wildman–Crippen MR) is 87.9 cm³/mol. The monoisotopic (exact) mass is 316 g/mol. The number of hydrogen-bond donors (Lipinski definition) is 2. The van der Waals surface area contributed by atoms with E-state index in [0.717, 1.165) is 24.2 Å². The van der Waals surface area contributed by atoms with Crippen molar-refractivity contribution in [1.82, 2.24) is 0 Å². The van der Waals surface area contributed by atoms with Crippen molar-refractivity contribution in [3.05, 3.63) is 47.5 Å². The average Bonchev–Trinajstić information content (AvgIpc) is 2.62. The van der Waals surface area contributed by atoms with Gasteiger partial charge in [-0.15, -0.1) is 0 Å². The Bertz CT molecular complexity index is 804. The molecule has 1 aromatic carbocycles. The van der Waals surface area contributed by atoms with Crippen molar-refractivity contribution < 1.29 is 4.90 Å². The van der Waals surface area contributed by atoms with Gasteiger partial charge in [-0.2, -0.15) is 15.8 Å². The van der Waals surface area contributed by atoms with E-state index in [1.165, 1.54) is 4.90 Å². The molecule has 1 aliphatic heterocycles. The Morgan fingerprint density at radius 1 is 1.17 bits per heavy atom. The highest BCUT2D eigenvalue weighted by Gasteiger charge is 2.58. The summed E-state index contributed by atoms with van der Waals surface area (Å²) in [5.41, 5.74) is 0.114. The van der Waals surface area contributed by atoms with Gasteiger partial charge < -0.3 is 10.3 Å². The fraction of sp³-hybridized carbons (Fsp3) is 0.368. The quantitative estimate of drug-likeness (QED) is 0.757. The zero-order valence-corrected chi connectivity index (χ0v) is 13.5. The van der Waals surface area contributed by atoms with Crippen LogP contribution in [-0.2, 0) is 0 Å². The maximum Gasteiger partial charge on any atom is 0.189 e. The molecular formula is C19H18N5+. The van der Waals surface area contributed by atoms with Crippen LogP contribution in [0, 0.1) is 56.7 Å². The second-order valence-corrected chi connectivity index (χ2v) is 6.57. The van der Waals surface area contributed by atoms with Gasteiger partial charge in [0, 0.05) is 11.8 Å². The summed E-state index contributed by atoms with van der Waals surface area (Å²) < 4.78 is 0. The van der Waals surface area contributed by atoms with E-state index >= 15 is 0 Å². The highest BCUT2D eigenvalue weighted by Crippen LogP contribution is 2.52. The van der Waals surface area contributed by atoms with Crippen molar-refractivity contribution >= 4 is 5.71 Å². The number of nitriles is 3. The molecule has 2 aliphatic rings. The van der Waals surface area contributed by atoms with Gasteiger partial charge in [0.15, 0.2) is 5.41 Å². The molecule has 24 heavy (non-hydrogen) atoms. The molecule has 0 saturated heterocycles. The van der Waals surface area contributed by atoms with Crippen molar-refractivity contribution in [2.24, 2.45) is 17.3 Å². The Hall–Kier alpha value is -2.94. The summed E-state index contributed by atoms with van der Waals surface area (Å²) in [4.78, 5) is 1.28. The summed E-state index contributed by atoms with van der Waals surface area (Å²) in [7, 11) is 2.07. The largest absolute Gasteiger partial charge is 0.334 e. The number of likely N-dealkylation sites (N-methyl/N-ethyl adjacent to an activating group) is 1. The fourth-order valence-electron chi connectivity index (χ4n) is 4.09. The lowest BCUT2D eigenvalue weighted by Gasteiger charge is -2.45. The number of fused-ring (bicyclic) bond motifs is 1. The molecule has 2 unspecified atom stereocenters. The van der Waals surface area contributed by atoms with Gasteiger partial charge in [-0.05, 0) is 17.2 Å². The van der Waals surface area contributed by atoms with Crippen LogP contribution in [0.15, 0.2) is 42.0 Å². The van der Waals surface area contributed by atoms with Crippen LogP contribution >= 0.6 is 0 Å². The third-order valence-corrected chi connectivity index (χ3v) is 5.24. The lowest BCUT2D eigenvalue weighted by Crippen LogP contribution is -3.10. The first-order chi connectivity index (χ1) is 11.6. The third kappa shape index (κ3) is 2.13. The summed E-state index contributed by atoms with van der Waals surface area (Å²) >= 11 is 0. The molecule has 0 spiro atoms. The predicted octanol–water partition coefficient (Wildman–Crippen LogP) is 1.05. The van der Waals surface area contributed by atoms with Crippen molar-refractivity contribution in [2.75, 3.05) is 20.1 Å². The molecule has 0 aromatic heterocycles. The molecule has 1 heterocycles.